The third-order valence-corrected chi connectivity index (χ3v) is 1.87. The topological polar surface area (TPSA) is 27.7 Å². The van der Waals surface area contributed by atoms with Crippen LogP contribution in [0.2, 0.25) is 0 Å². The summed E-state index contributed by atoms with van der Waals surface area (Å²) in [5.41, 5.74) is 0. The Hall–Kier alpha value is -2.16. The van der Waals surface area contributed by atoms with Gasteiger partial charge in [-0.15, -0.1) is 0 Å². The lowest BCUT2D eigenvalue weighted by atomic mass is 10.3. The highest BCUT2D eigenvalue weighted by molar-refractivity contribution is 5.41. The average molecular weight is 245 g/mol. The summed E-state index contributed by atoms with van der Waals surface area (Å²) >= 11 is 0. The van der Waals surface area contributed by atoms with E-state index >= 15 is 0 Å². The highest BCUT2D eigenvalue weighted by atomic mass is 16.5. The van der Waals surface area contributed by atoms with Crippen molar-refractivity contribution in [2.24, 2.45) is 0 Å². The largest absolute Gasteiger partial charge is 0.489 e. The summed E-state index contributed by atoms with van der Waals surface area (Å²) in [7, 11) is 0. The van der Waals surface area contributed by atoms with Crippen molar-refractivity contribution in [3.8, 4) is 17.2 Å². The van der Waals surface area contributed by atoms with Gasteiger partial charge < -0.3 is 14.2 Å². The molecule has 0 fully saturated rings. The minimum absolute atomic E-state index is 0.405. The molecule has 0 unspecified atom stereocenters. The van der Waals surface area contributed by atoms with E-state index in [1.807, 2.05) is 0 Å². The predicted octanol–water partition coefficient (Wildman–Crippen LogP) is 3.18. The van der Waals surface area contributed by atoms with Gasteiger partial charge >= 0.3 is 0 Å². The van der Waals surface area contributed by atoms with Crippen LogP contribution in [0.25, 0.3) is 0 Å². The monoisotopic (exact) mass is 245 g/mol. The maximum absolute atomic E-state index is 5.45. The van der Waals surface area contributed by atoms with Gasteiger partial charge in [-0.3, -0.25) is 0 Å². The van der Waals surface area contributed by atoms with Gasteiger partial charge in [-0.05, 0) is 0 Å². The molecule has 0 saturated carbocycles. The van der Waals surface area contributed by atoms with Crippen LogP contribution < -0.4 is 14.2 Å². The van der Waals surface area contributed by atoms with Crippen molar-refractivity contribution in [3.63, 3.8) is 0 Å². The Labute approximate surface area is 108 Å². The van der Waals surface area contributed by atoms with Crippen LogP contribution in [0.4, 0.5) is 0 Å². The first-order valence-corrected chi connectivity index (χ1v) is 5.58. The van der Waals surface area contributed by atoms with E-state index in [0.717, 1.165) is 0 Å². The SMILES string of the molecule is C=CCOc1[c]c(OCC=C)cc(OCC=C)c1. The van der Waals surface area contributed by atoms with E-state index in [2.05, 4.69) is 25.8 Å². The van der Waals surface area contributed by atoms with Gasteiger partial charge in [0.05, 0.1) is 6.07 Å². The minimum Gasteiger partial charge on any atom is -0.489 e. The first kappa shape index (κ1) is 13.9. The maximum atomic E-state index is 5.45. The second kappa shape index (κ2) is 8.01. The molecule has 0 aliphatic heterocycles. The van der Waals surface area contributed by atoms with E-state index in [-0.39, 0.29) is 0 Å². The lowest BCUT2D eigenvalue weighted by molar-refractivity contribution is 0.327. The van der Waals surface area contributed by atoms with Crippen LogP contribution in [0, 0.1) is 6.07 Å². The quantitative estimate of drug-likeness (QED) is 0.625. The zero-order valence-electron chi connectivity index (χ0n) is 10.4. The van der Waals surface area contributed by atoms with Gasteiger partial charge in [-0.2, -0.15) is 0 Å². The molecular formula is C15H17O3. The number of hydrogen-bond donors (Lipinski definition) is 0. The molecule has 0 saturated heterocycles. The molecule has 1 rings (SSSR count). The molecule has 0 spiro atoms. The van der Waals surface area contributed by atoms with E-state index in [1.165, 1.54) is 0 Å². The zero-order chi connectivity index (χ0) is 13.2. The molecule has 1 radical (unpaired) electrons. The molecule has 0 aromatic heterocycles. The van der Waals surface area contributed by atoms with Crippen molar-refractivity contribution in [2.45, 2.75) is 0 Å². The van der Waals surface area contributed by atoms with E-state index in [9.17, 15) is 0 Å². The summed E-state index contributed by atoms with van der Waals surface area (Å²) in [6.45, 7) is 12.0. The van der Waals surface area contributed by atoms with E-state index < -0.39 is 0 Å². The molecule has 1 aromatic rings. The molecule has 0 bridgehead atoms. The van der Waals surface area contributed by atoms with Crippen LogP contribution in [0.3, 0.4) is 0 Å². The van der Waals surface area contributed by atoms with Gasteiger partial charge in [0.1, 0.15) is 37.1 Å². The second-order valence-electron chi connectivity index (χ2n) is 3.34. The van der Waals surface area contributed by atoms with Crippen LogP contribution in [-0.4, -0.2) is 19.8 Å². The van der Waals surface area contributed by atoms with Crippen LogP contribution in [0.15, 0.2) is 50.1 Å². The summed E-state index contributed by atoms with van der Waals surface area (Å²) < 4.78 is 16.3. The molecule has 0 aliphatic carbocycles. The van der Waals surface area contributed by atoms with Crippen LogP contribution in [-0.2, 0) is 0 Å². The summed E-state index contributed by atoms with van der Waals surface area (Å²) in [6, 6.07) is 6.47. The number of benzene rings is 1. The number of hydrogen-bond acceptors (Lipinski definition) is 3. The van der Waals surface area contributed by atoms with E-state index in [4.69, 9.17) is 14.2 Å². The lowest BCUT2D eigenvalue weighted by Gasteiger charge is -2.10. The van der Waals surface area contributed by atoms with Gasteiger partial charge in [0, 0.05) is 12.1 Å². The highest BCUT2D eigenvalue weighted by Gasteiger charge is 2.04. The Morgan fingerprint density at radius 1 is 0.833 bits per heavy atom. The first-order chi connectivity index (χ1) is 8.80. The Bertz CT molecular complexity index is 336. The summed E-state index contributed by atoms with van der Waals surface area (Å²) in [4.78, 5) is 0. The van der Waals surface area contributed by atoms with Crippen molar-refractivity contribution in [3.05, 3.63) is 56.2 Å². The number of rotatable bonds is 9. The fraction of sp³-hybridized carbons (Fsp3) is 0.200. The molecule has 0 heterocycles. The first-order valence-electron chi connectivity index (χ1n) is 5.58. The van der Waals surface area contributed by atoms with E-state index in [1.54, 1.807) is 30.4 Å². The van der Waals surface area contributed by atoms with Crippen molar-refractivity contribution < 1.29 is 14.2 Å². The summed E-state index contributed by atoms with van der Waals surface area (Å²) in [5.74, 6) is 1.75. The van der Waals surface area contributed by atoms with Gasteiger partial charge in [0.15, 0.2) is 0 Å². The molecular weight excluding hydrogens is 228 g/mol. The standard InChI is InChI=1S/C15H17O3/c1-4-7-16-13-10-14(17-8-5-2)12-15(11-13)18-9-6-3/h4-6,10-11H,1-3,7-9H2. The third-order valence-electron chi connectivity index (χ3n) is 1.87. The lowest BCUT2D eigenvalue weighted by Crippen LogP contribution is -1.99. The molecule has 95 valence electrons. The predicted molar refractivity (Wildman–Crippen MR) is 72.4 cm³/mol. The second-order valence-corrected chi connectivity index (χ2v) is 3.34. The molecule has 0 atom stereocenters. The molecule has 1 aromatic carbocycles. The van der Waals surface area contributed by atoms with Crippen LogP contribution in [0.1, 0.15) is 0 Å². The third kappa shape index (κ3) is 4.78. The normalized spacial score (nSPS) is 9.33. The van der Waals surface area contributed by atoms with Gasteiger partial charge in [0.2, 0.25) is 0 Å². The maximum Gasteiger partial charge on any atom is 0.135 e. The molecule has 0 aliphatic rings. The zero-order valence-corrected chi connectivity index (χ0v) is 10.4. The van der Waals surface area contributed by atoms with Crippen molar-refractivity contribution in [1.82, 2.24) is 0 Å². The molecule has 0 amide bonds. The minimum atomic E-state index is 0.405. The van der Waals surface area contributed by atoms with Crippen LogP contribution >= 0.6 is 0 Å². The molecule has 3 heteroatoms. The van der Waals surface area contributed by atoms with Gasteiger partial charge in [-0.25, -0.2) is 0 Å². The highest BCUT2D eigenvalue weighted by Crippen LogP contribution is 2.27. The molecule has 18 heavy (non-hydrogen) atoms. The van der Waals surface area contributed by atoms with E-state index in [0.29, 0.717) is 37.1 Å². The average Bonchev–Trinajstić information content (AvgIpc) is 2.40. The fourth-order valence-electron chi connectivity index (χ4n) is 1.19. The van der Waals surface area contributed by atoms with Crippen molar-refractivity contribution in [1.29, 1.82) is 0 Å². The fourth-order valence-corrected chi connectivity index (χ4v) is 1.19. The summed E-state index contributed by atoms with van der Waals surface area (Å²) in [6.07, 6.45) is 5.00. The Balaban J connectivity index is 2.83. The van der Waals surface area contributed by atoms with Crippen molar-refractivity contribution in [2.75, 3.05) is 19.8 Å². The molecule has 0 N–H and O–H groups in total. The van der Waals surface area contributed by atoms with Crippen LogP contribution in [0.5, 0.6) is 17.2 Å². The Kier molecular flexibility index (Phi) is 6.19. The Morgan fingerprint density at radius 2 is 1.28 bits per heavy atom. The number of ether oxygens (including phenoxy) is 3. The van der Waals surface area contributed by atoms with Gasteiger partial charge in [-0.1, -0.05) is 38.0 Å². The summed E-state index contributed by atoms with van der Waals surface area (Å²) in [5, 5.41) is 0. The Morgan fingerprint density at radius 3 is 1.72 bits per heavy atom. The van der Waals surface area contributed by atoms with Crippen molar-refractivity contribution >= 4 is 0 Å². The van der Waals surface area contributed by atoms with Gasteiger partial charge in [0.25, 0.3) is 0 Å². The molecule has 3 nitrogen and oxygen atoms in total. The smallest absolute Gasteiger partial charge is 0.135 e.